The lowest BCUT2D eigenvalue weighted by molar-refractivity contribution is -0.153. The molecule has 0 saturated carbocycles. The van der Waals surface area contributed by atoms with Crippen LogP contribution in [-0.4, -0.2) is 24.8 Å². The molecule has 0 bridgehead atoms. The van der Waals surface area contributed by atoms with Crippen LogP contribution >= 0.6 is 0 Å². The summed E-state index contributed by atoms with van der Waals surface area (Å²) in [6.45, 7) is 10.0. The molecule has 1 aliphatic carbocycles. The lowest BCUT2D eigenvalue weighted by Gasteiger charge is -2.37. The quantitative estimate of drug-likeness (QED) is 0.424. The SMILES string of the molecule is CCOC(=O)/C(=C/OC1OC(=O)C(C)=C1C)C1CCC(C)(C)c2ccccc21. The molecular formula is C23H28O5. The Balaban J connectivity index is 1.95. The van der Waals surface area contributed by atoms with Gasteiger partial charge in [0.05, 0.1) is 18.4 Å². The van der Waals surface area contributed by atoms with Crippen molar-refractivity contribution in [1.29, 1.82) is 0 Å². The van der Waals surface area contributed by atoms with Gasteiger partial charge in [-0.1, -0.05) is 38.1 Å². The van der Waals surface area contributed by atoms with E-state index in [4.69, 9.17) is 14.2 Å². The number of cyclic esters (lactones) is 1. The van der Waals surface area contributed by atoms with Crippen molar-refractivity contribution >= 4 is 11.9 Å². The molecular weight excluding hydrogens is 356 g/mol. The number of hydrogen-bond acceptors (Lipinski definition) is 5. The molecule has 0 fully saturated rings. The minimum absolute atomic E-state index is 0.0468. The molecule has 150 valence electrons. The summed E-state index contributed by atoms with van der Waals surface area (Å²) in [6, 6.07) is 8.22. The Morgan fingerprint density at radius 2 is 2.00 bits per heavy atom. The van der Waals surface area contributed by atoms with Crippen LogP contribution in [0.2, 0.25) is 0 Å². The van der Waals surface area contributed by atoms with Gasteiger partial charge in [0.2, 0.25) is 0 Å². The smallest absolute Gasteiger partial charge is 0.337 e. The van der Waals surface area contributed by atoms with Crippen LogP contribution in [-0.2, 0) is 29.2 Å². The molecule has 1 aliphatic heterocycles. The molecule has 1 heterocycles. The Bertz CT molecular complexity index is 846. The number of hydrogen-bond donors (Lipinski definition) is 0. The van der Waals surface area contributed by atoms with E-state index in [0.717, 1.165) is 24.0 Å². The van der Waals surface area contributed by atoms with Gasteiger partial charge in [-0.3, -0.25) is 0 Å². The van der Waals surface area contributed by atoms with Crippen molar-refractivity contribution in [3.8, 4) is 0 Å². The van der Waals surface area contributed by atoms with Gasteiger partial charge in [-0.05, 0) is 50.2 Å². The van der Waals surface area contributed by atoms with Gasteiger partial charge < -0.3 is 14.2 Å². The third-order valence-electron chi connectivity index (χ3n) is 5.79. The summed E-state index contributed by atoms with van der Waals surface area (Å²) >= 11 is 0. The molecule has 0 spiro atoms. The van der Waals surface area contributed by atoms with E-state index in [1.807, 2.05) is 12.1 Å². The van der Waals surface area contributed by atoms with Crippen LogP contribution in [0.3, 0.4) is 0 Å². The van der Waals surface area contributed by atoms with Gasteiger partial charge in [0.15, 0.2) is 0 Å². The fraction of sp³-hybridized carbons (Fsp3) is 0.478. The summed E-state index contributed by atoms with van der Waals surface area (Å²) in [5.74, 6) is -0.909. The van der Waals surface area contributed by atoms with E-state index < -0.39 is 18.2 Å². The first-order chi connectivity index (χ1) is 13.3. The third kappa shape index (κ3) is 3.71. The molecule has 0 saturated heterocycles. The molecule has 0 N–H and O–H groups in total. The highest BCUT2D eigenvalue weighted by Gasteiger charge is 2.37. The van der Waals surface area contributed by atoms with Gasteiger partial charge >= 0.3 is 11.9 Å². The van der Waals surface area contributed by atoms with Crippen molar-refractivity contribution in [2.45, 2.75) is 65.1 Å². The van der Waals surface area contributed by atoms with E-state index in [-0.39, 0.29) is 17.9 Å². The van der Waals surface area contributed by atoms with Crippen LogP contribution in [0.4, 0.5) is 0 Å². The summed E-state index contributed by atoms with van der Waals surface area (Å²) in [5, 5.41) is 0. The van der Waals surface area contributed by atoms with Crippen LogP contribution in [0.1, 0.15) is 64.5 Å². The first kappa shape index (κ1) is 20.2. The van der Waals surface area contributed by atoms with E-state index in [2.05, 4.69) is 26.0 Å². The van der Waals surface area contributed by atoms with Crippen LogP contribution in [0, 0.1) is 0 Å². The summed E-state index contributed by atoms with van der Waals surface area (Å²) in [4.78, 5) is 24.5. The maximum atomic E-state index is 12.7. The second-order valence-corrected chi connectivity index (χ2v) is 8.04. The maximum absolute atomic E-state index is 12.7. The highest BCUT2D eigenvalue weighted by molar-refractivity contribution is 5.91. The summed E-state index contributed by atoms with van der Waals surface area (Å²) in [6.07, 6.45) is 2.39. The van der Waals surface area contributed by atoms with E-state index >= 15 is 0 Å². The molecule has 1 aromatic rings. The number of rotatable bonds is 5. The van der Waals surface area contributed by atoms with Crippen molar-refractivity contribution in [2.75, 3.05) is 6.61 Å². The van der Waals surface area contributed by atoms with E-state index in [1.54, 1.807) is 20.8 Å². The molecule has 2 unspecified atom stereocenters. The number of carbonyl (C=O) groups excluding carboxylic acids is 2. The van der Waals surface area contributed by atoms with E-state index in [9.17, 15) is 9.59 Å². The lowest BCUT2D eigenvalue weighted by Crippen LogP contribution is -2.29. The van der Waals surface area contributed by atoms with Gasteiger partial charge in [0.1, 0.15) is 0 Å². The Morgan fingerprint density at radius 1 is 1.29 bits per heavy atom. The Morgan fingerprint density at radius 3 is 2.64 bits per heavy atom. The minimum Gasteiger partial charge on any atom is -0.463 e. The molecule has 5 nitrogen and oxygen atoms in total. The summed E-state index contributed by atoms with van der Waals surface area (Å²) in [7, 11) is 0. The van der Waals surface area contributed by atoms with Gasteiger partial charge in [0.25, 0.3) is 6.29 Å². The zero-order chi connectivity index (χ0) is 20.5. The second kappa shape index (κ2) is 7.82. The average molecular weight is 384 g/mol. The molecule has 2 aliphatic rings. The molecule has 0 amide bonds. The van der Waals surface area contributed by atoms with Crippen LogP contribution < -0.4 is 0 Å². The molecule has 1 aromatic carbocycles. The van der Waals surface area contributed by atoms with Crippen LogP contribution in [0.15, 0.2) is 47.2 Å². The predicted molar refractivity (Wildman–Crippen MR) is 105 cm³/mol. The summed E-state index contributed by atoms with van der Waals surface area (Å²) in [5.41, 5.74) is 4.12. The highest BCUT2D eigenvalue weighted by Crippen LogP contribution is 2.45. The standard InChI is InChI=1S/C23H28O5/c1-6-26-21(25)18(13-27-22-15(3)14(2)20(24)28-22)16-11-12-23(4,5)19-10-8-7-9-17(16)19/h7-10,13,16,22H,6,11-12H2,1-5H3/b18-13+. The molecule has 0 radical (unpaired) electrons. The number of ether oxygens (including phenoxy) is 3. The van der Waals surface area contributed by atoms with Crippen molar-refractivity contribution in [3.05, 3.63) is 58.4 Å². The lowest BCUT2D eigenvalue weighted by atomic mass is 9.67. The second-order valence-electron chi connectivity index (χ2n) is 8.04. The fourth-order valence-electron chi connectivity index (χ4n) is 3.90. The Kier molecular flexibility index (Phi) is 5.64. The average Bonchev–Trinajstić information content (AvgIpc) is 2.91. The zero-order valence-corrected chi connectivity index (χ0v) is 17.2. The first-order valence-corrected chi connectivity index (χ1v) is 9.76. The van der Waals surface area contributed by atoms with Gasteiger partial charge in [-0.15, -0.1) is 0 Å². The van der Waals surface area contributed by atoms with Crippen LogP contribution in [0.5, 0.6) is 0 Å². The largest absolute Gasteiger partial charge is 0.463 e. The predicted octanol–water partition coefficient (Wildman–Crippen LogP) is 4.52. The van der Waals surface area contributed by atoms with Crippen molar-refractivity contribution < 1.29 is 23.8 Å². The third-order valence-corrected chi connectivity index (χ3v) is 5.79. The molecule has 3 rings (SSSR count). The first-order valence-electron chi connectivity index (χ1n) is 9.76. The number of benzene rings is 1. The van der Waals surface area contributed by atoms with Crippen molar-refractivity contribution in [1.82, 2.24) is 0 Å². The van der Waals surface area contributed by atoms with Gasteiger partial charge in [0, 0.05) is 17.1 Å². The van der Waals surface area contributed by atoms with E-state index in [0.29, 0.717) is 11.1 Å². The number of esters is 2. The van der Waals surface area contributed by atoms with Crippen molar-refractivity contribution in [3.63, 3.8) is 0 Å². The molecule has 2 atom stereocenters. The number of fused-ring (bicyclic) bond motifs is 1. The molecule has 5 heteroatoms. The fourth-order valence-corrected chi connectivity index (χ4v) is 3.90. The summed E-state index contributed by atoms with van der Waals surface area (Å²) < 4.78 is 16.3. The van der Waals surface area contributed by atoms with Gasteiger partial charge in [-0.2, -0.15) is 0 Å². The molecule has 0 aromatic heterocycles. The topological polar surface area (TPSA) is 61.8 Å². The van der Waals surface area contributed by atoms with Crippen molar-refractivity contribution in [2.24, 2.45) is 0 Å². The Labute approximate surface area is 166 Å². The van der Waals surface area contributed by atoms with Gasteiger partial charge in [-0.25, -0.2) is 9.59 Å². The molecule has 28 heavy (non-hydrogen) atoms. The zero-order valence-electron chi connectivity index (χ0n) is 17.2. The maximum Gasteiger partial charge on any atom is 0.337 e. The Hall–Kier alpha value is -2.56. The van der Waals surface area contributed by atoms with E-state index in [1.165, 1.54) is 11.8 Å². The van der Waals surface area contributed by atoms with Crippen LogP contribution in [0.25, 0.3) is 0 Å². The number of carbonyl (C=O) groups is 2. The monoisotopic (exact) mass is 384 g/mol. The minimum atomic E-state index is -0.799. The highest BCUT2D eigenvalue weighted by atomic mass is 16.7. The normalized spacial score (nSPS) is 23.9.